The zero-order valence-corrected chi connectivity index (χ0v) is 12.0. The van der Waals surface area contributed by atoms with Crippen LogP contribution in [0.5, 0.6) is 5.75 Å². The molecule has 100 valence electrons. The maximum Gasteiger partial charge on any atom is 0.119 e. The number of benzene rings is 1. The average molecular weight is 247 g/mol. The van der Waals surface area contributed by atoms with Crippen LogP contribution in [-0.2, 0) is 5.54 Å². The lowest BCUT2D eigenvalue weighted by molar-refractivity contribution is 0.165. The maximum atomic E-state index is 6.65. The lowest BCUT2D eigenvalue weighted by Crippen LogP contribution is -2.42. The second-order valence-electron chi connectivity index (χ2n) is 6.50. The Morgan fingerprint density at radius 3 is 2.22 bits per heavy atom. The van der Waals surface area contributed by atoms with E-state index in [1.165, 1.54) is 24.0 Å². The Bertz CT molecular complexity index is 427. The van der Waals surface area contributed by atoms with E-state index in [4.69, 9.17) is 10.5 Å². The number of ether oxygens (including phenoxy) is 1. The number of hydrogen-bond donors (Lipinski definition) is 1. The van der Waals surface area contributed by atoms with Crippen molar-refractivity contribution >= 4 is 0 Å². The summed E-state index contributed by atoms with van der Waals surface area (Å²) in [4.78, 5) is 0. The molecule has 1 saturated carbocycles. The van der Waals surface area contributed by atoms with Gasteiger partial charge < -0.3 is 10.5 Å². The zero-order valence-electron chi connectivity index (χ0n) is 12.0. The quantitative estimate of drug-likeness (QED) is 0.863. The molecule has 1 fully saturated rings. The summed E-state index contributed by atoms with van der Waals surface area (Å²) in [6, 6.07) is 6.26. The van der Waals surface area contributed by atoms with Crippen LogP contribution in [0.4, 0.5) is 0 Å². The Hall–Kier alpha value is -1.02. The number of nitrogens with two attached hydrogens (primary N) is 1. The van der Waals surface area contributed by atoms with Crippen molar-refractivity contribution in [3.05, 3.63) is 29.3 Å². The van der Waals surface area contributed by atoms with E-state index in [-0.39, 0.29) is 5.54 Å². The molecule has 0 bridgehead atoms. The van der Waals surface area contributed by atoms with Crippen LogP contribution in [0.25, 0.3) is 0 Å². The van der Waals surface area contributed by atoms with Crippen molar-refractivity contribution in [2.24, 2.45) is 11.1 Å². The molecule has 1 aromatic carbocycles. The highest BCUT2D eigenvalue weighted by atomic mass is 16.5. The second-order valence-corrected chi connectivity index (χ2v) is 6.50. The summed E-state index contributed by atoms with van der Waals surface area (Å²) < 4.78 is 5.26. The Morgan fingerprint density at radius 1 is 1.11 bits per heavy atom. The van der Waals surface area contributed by atoms with Crippen LogP contribution in [0.1, 0.15) is 50.7 Å². The molecule has 2 heteroatoms. The van der Waals surface area contributed by atoms with Gasteiger partial charge in [-0.15, -0.1) is 0 Å². The van der Waals surface area contributed by atoms with Gasteiger partial charge >= 0.3 is 0 Å². The van der Waals surface area contributed by atoms with Crippen LogP contribution in [-0.4, -0.2) is 7.11 Å². The van der Waals surface area contributed by atoms with Crippen LogP contribution in [0.2, 0.25) is 0 Å². The Morgan fingerprint density at radius 2 is 1.72 bits per heavy atom. The number of aryl methyl sites for hydroxylation is 1. The van der Waals surface area contributed by atoms with E-state index < -0.39 is 0 Å². The fourth-order valence-electron chi connectivity index (χ4n) is 2.96. The summed E-state index contributed by atoms with van der Waals surface area (Å²) in [6.45, 7) is 6.81. The molecule has 0 aromatic heterocycles. The van der Waals surface area contributed by atoms with E-state index in [0.717, 1.165) is 18.6 Å². The summed E-state index contributed by atoms with van der Waals surface area (Å²) in [6.07, 6.45) is 4.56. The molecule has 2 N–H and O–H groups in total. The van der Waals surface area contributed by atoms with Crippen molar-refractivity contribution in [3.8, 4) is 5.75 Å². The highest BCUT2D eigenvalue weighted by Crippen LogP contribution is 2.44. The molecule has 0 aliphatic heterocycles. The van der Waals surface area contributed by atoms with Gasteiger partial charge in [-0.1, -0.05) is 19.9 Å². The molecule has 0 atom stereocenters. The third-order valence-corrected chi connectivity index (χ3v) is 4.47. The van der Waals surface area contributed by atoms with E-state index in [1.54, 1.807) is 7.11 Å². The molecule has 0 unspecified atom stereocenters. The van der Waals surface area contributed by atoms with Crippen LogP contribution in [0, 0.1) is 12.3 Å². The first-order valence-corrected chi connectivity index (χ1v) is 6.80. The van der Waals surface area contributed by atoms with Crippen LogP contribution >= 0.6 is 0 Å². The summed E-state index contributed by atoms with van der Waals surface area (Å²) in [7, 11) is 1.70. The predicted molar refractivity (Wildman–Crippen MR) is 75.8 cm³/mol. The molecule has 1 aliphatic carbocycles. The van der Waals surface area contributed by atoms with E-state index in [0.29, 0.717) is 5.41 Å². The van der Waals surface area contributed by atoms with Gasteiger partial charge in [0.1, 0.15) is 5.75 Å². The molecule has 0 saturated heterocycles. The minimum Gasteiger partial charge on any atom is -0.497 e. The van der Waals surface area contributed by atoms with Crippen molar-refractivity contribution in [2.45, 2.75) is 52.0 Å². The molecule has 0 heterocycles. The van der Waals surface area contributed by atoms with Crippen molar-refractivity contribution in [2.75, 3.05) is 7.11 Å². The summed E-state index contributed by atoms with van der Waals surface area (Å²) in [5.41, 5.74) is 9.49. The first-order valence-electron chi connectivity index (χ1n) is 6.80. The predicted octanol–water partition coefficient (Wildman–Crippen LogP) is 3.76. The van der Waals surface area contributed by atoms with Gasteiger partial charge in [-0.2, -0.15) is 0 Å². The first kappa shape index (κ1) is 13.4. The number of methoxy groups -OCH3 is 1. The molecule has 1 aromatic rings. The monoisotopic (exact) mass is 247 g/mol. The topological polar surface area (TPSA) is 35.2 Å². The molecular formula is C16H25NO. The number of hydrogen-bond acceptors (Lipinski definition) is 2. The number of rotatable bonds is 2. The highest BCUT2D eigenvalue weighted by molar-refractivity contribution is 5.39. The Labute approximate surface area is 111 Å². The lowest BCUT2D eigenvalue weighted by atomic mass is 9.67. The molecule has 0 spiro atoms. The van der Waals surface area contributed by atoms with E-state index in [2.05, 4.69) is 32.9 Å². The Balaban J connectivity index is 2.26. The summed E-state index contributed by atoms with van der Waals surface area (Å²) >= 11 is 0. The van der Waals surface area contributed by atoms with Crippen molar-refractivity contribution in [3.63, 3.8) is 0 Å². The third kappa shape index (κ3) is 2.54. The van der Waals surface area contributed by atoms with E-state index >= 15 is 0 Å². The maximum absolute atomic E-state index is 6.65. The van der Waals surface area contributed by atoms with Gasteiger partial charge in [-0.25, -0.2) is 0 Å². The van der Waals surface area contributed by atoms with Crippen molar-refractivity contribution < 1.29 is 4.74 Å². The molecule has 18 heavy (non-hydrogen) atoms. The SMILES string of the molecule is COc1ccc(C2(N)CCC(C)(C)CC2)c(C)c1. The third-order valence-electron chi connectivity index (χ3n) is 4.47. The second kappa shape index (κ2) is 4.58. The average Bonchev–Trinajstić information content (AvgIpc) is 2.33. The lowest BCUT2D eigenvalue weighted by Gasteiger charge is -2.42. The van der Waals surface area contributed by atoms with Crippen molar-refractivity contribution in [1.29, 1.82) is 0 Å². The molecule has 2 nitrogen and oxygen atoms in total. The summed E-state index contributed by atoms with van der Waals surface area (Å²) in [5.74, 6) is 0.913. The zero-order chi connectivity index (χ0) is 13.4. The van der Waals surface area contributed by atoms with Gasteiger partial charge in [0.05, 0.1) is 7.11 Å². The van der Waals surface area contributed by atoms with E-state index in [9.17, 15) is 0 Å². The fourth-order valence-corrected chi connectivity index (χ4v) is 2.96. The first-order chi connectivity index (χ1) is 8.36. The Kier molecular flexibility index (Phi) is 3.41. The highest BCUT2D eigenvalue weighted by Gasteiger charge is 2.37. The van der Waals surface area contributed by atoms with E-state index in [1.807, 2.05) is 6.07 Å². The molecule has 2 rings (SSSR count). The molecular weight excluding hydrogens is 222 g/mol. The van der Waals surface area contributed by atoms with Gasteiger partial charge in [0.2, 0.25) is 0 Å². The van der Waals surface area contributed by atoms with Crippen LogP contribution in [0.15, 0.2) is 18.2 Å². The smallest absolute Gasteiger partial charge is 0.119 e. The molecule has 0 amide bonds. The van der Waals surface area contributed by atoms with Gasteiger partial charge in [0.15, 0.2) is 0 Å². The van der Waals surface area contributed by atoms with Crippen molar-refractivity contribution in [1.82, 2.24) is 0 Å². The van der Waals surface area contributed by atoms with Crippen LogP contribution < -0.4 is 10.5 Å². The van der Waals surface area contributed by atoms with Crippen LogP contribution in [0.3, 0.4) is 0 Å². The fraction of sp³-hybridized carbons (Fsp3) is 0.625. The van der Waals surface area contributed by atoms with Gasteiger partial charge in [-0.05, 0) is 61.3 Å². The normalized spacial score (nSPS) is 21.6. The molecule has 0 radical (unpaired) electrons. The largest absolute Gasteiger partial charge is 0.497 e. The molecule has 1 aliphatic rings. The standard InChI is InChI=1S/C16H25NO/c1-12-11-13(18-4)5-6-14(12)16(17)9-7-15(2,3)8-10-16/h5-6,11H,7-10,17H2,1-4H3. The summed E-state index contributed by atoms with van der Waals surface area (Å²) in [5, 5.41) is 0. The van der Waals surface area contributed by atoms with Gasteiger partial charge in [0, 0.05) is 5.54 Å². The van der Waals surface area contributed by atoms with Gasteiger partial charge in [-0.3, -0.25) is 0 Å². The minimum absolute atomic E-state index is 0.147. The van der Waals surface area contributed by atoms with Gasteiger partial charge in [0.25, 0.3) is 0 Å². The minimum atomic E-state index is -0.147.